The molecule has 1 nitrogen and oxygen atoms in total. The Labute approximate surface area is 54.6 Å². The van der Waals surface area contributed by atoms with Crippen molar-refractivity contribution in [2.75, 3.05) is 14.1 Å². The van der Waals surface area contributed by atoms with E-state index in [2.05, 4.69) is 39.8 Å². The van der Waals surface area contributed by atoms with Crippen molar-refractivity contribution in [3.05, 3.63) is 0 Å². The molecule has 0 unspecified atom stereocenters. The van der Waals surface area contributed by atoms with Crippen LogP contribution in [0.3, 0.4) is 0 Å². The molecule has 0 amide bonds. The van der Waals surface area contributed by atoms with Crippen LogP contribution in [0.2, 0.25) is 0 Å². The van der Waals surface area contributed by atoms with Crippen molar-refractivity contribution in [1.29, 1.82) is 0 Å². The highest BCUT2D eigenvalue weighted by Gasteiger charge is 2.10. The minimum absolute atomic E-state index is 0. The van der Waals surface area contributed by atoms with E-state index in [1.165, 1.54) is 0 Å². The predicted octanol–water partition coefficient (Wildman–Crippen LogP) is 0.966. The SMILES string of the molecule is CN(C)C(C)(C)C.[B]. The maximum Gasteiger partial charge on any atom is 0.0118 e. The number of hydrogen-bond donors (Lipinski definition) is 0. The lowest BCUT2D eigenvalue weighted by molar-refractivity contribution is 0.219. The molecule has 0 aromatic carbocycles. The Hall–Kier alpha value is 0.0249. The van der Waals surface area contributed by atoms with Crippen LogP contribution in [0.5, 0.6) is 0 Å². The smallest absolute Gasteiger partial charge is 0.0118 e. The van der Waals surface area contributed by atoms with Crippen LogP contribution in [0.1, 0.15) is 20.8 Å². The monoisotopic (exact) mass is 112 g/mol. The molecule has 0 N–H and O–H groups in total. The Morgan fingerprint density at radius 3 is 1.12 bits per heavy atom. The molecule has 0 aliphatic rings. The fraction of sp³-hybridized carbons (Fsp3) is 1.00. The Kier molecular flexibility index (Phi) is 4.27. The van der Waals surface area contributed by atoms with Crippen LogP contribution in [0.15, 0.2) is 0 Å². The Balaban J connectivity index is 0. The van der Waals surface area contributed by atoms with E-state index in [-0.39, 0.29) is 8.41 Å². The van der Waals surface area contributed by atoms with Gasteiger partial charge in [-0.2, -0.15) is 0 Å². The molecule has 0 bridgehead atoms. The predicted molar refractivity (Wildman–Crippen MR) is 39.2 cm³/mol. The molecule has 47 valence electrons. The minimum Gasteiger partial charge on any atom is -0.305 e. The Bertz CT molecular complexity index is 54.0. The summed E-state index contributed by atoms with van der Waals surface area (Å²) in [6.07, 6.45) is 0. The van der Waals surface area contributed by atoms with E-state index in [4.69, 9.17) is 0 Å². The van der Waals surface area contributed by atoms with Gasteiger partial charge in [-0.1, -0.05) is 0 Å². The van der Waals surface area contributed by atoms with E-state index in [1.807, 2.05) is 0 Å². The fourth-order valence-corrected chi connectivity index (χ4v) is 0. The zero-order chi connectivity index (χ0) is 6.08. The van der Waals surface area contributed by atoms with E-state index in [9.17, 15) is 0 Å². The second-order valence-corrected chi connectivity index (χ2v) is 3.07. The van der Waals surface area contributed by atoms with Crippen molar-refractivity contribution in [3.8, 4) is 0 Å². The van der Waals surface area contributed by atoms with Crippen molar-refractivity contribution in [2.24, 2.45) is 0 Å². The van der Waals surface area contributed by atoms with E-state index < -0.39 is 0 Å². The van der Waals surface area contributed by atoms with Gasteiger partial charge in [-0.25, -0.2) is 0 Å². The van der Waals surface area contributed by atoms with Gasteiger partial charge in [0.1, 0.15) is 0 Å². The van der Waals surface area contributed by atoms with E-state index in [1.54, 1.807) is 0 Å². The molecule has 2 heteroatoms. The summed E-state index contributed by atoms with van der Waals surface area (Å²) < 4.78 is 0. The first-order valence-corrected chi connectivity index (χ1v) is 2.62. The van der Waals surface area contributed by atoms with Gasteiger partial charge >= 0.3 is 0 Å². The summed E-state index contributed by atoms with van der Waals surface area (Å²) >= 11 is 0. The minimum atomic E-state index is 0. The van der Waals surface area contributed by atoms with Crippen molar-refractivity contribution >= 4 is 8.41 Å². The zero-order valence-corrected chi connectivity index (χ0v) is 6.52. The van der Waals surface area contributed by atoms with Gasteiger partial charge in [-0.3, -0.25) is 0 Å². The maximum absolute atomic E-state index is 2.19. The van der Waals surface area contributed by atoms with Crippen LogP contribution in [0.4, 0.5) is 0 Å². The average Bonchev–Trinajstić information content (AvgIpc) is 1.31. The van der Waals surface area contributed by atoms with Crippen LogP contribution < -0.4 is 0 Å². The average molecular weight is 112 g/mol. The van der Waals surface area contributed by atoms with Gasteiger partial charge in [-0.05, 0) is 34.9 Å². The van der Waals surface area contributed by atoms with Crippen molar-refractivity contribution < 1.29 is 0 Å². The molecule has 0 aromatic rings. The first-order chi connectivity index (χ1) is 2.94. The lowest BCUT2D eigenvalue weighted by Crippen LogP contribution is -2.34. The highest BCUT2D eigenvalue weighted by Crippen LogP contribution is 2.05. The Morgan fingerprint density at radius 2 is 1.12 bits per heavy atom. The number of hydrogen-bond acceptors (Lipinski definition) is 1. The normalized spacial score (nSPS) is 11.2. The van der Waals surface area contributed by atoms with E-state index >= 15 is 0 Å². The first-order valence-electron chi connectivity index (χ1n) is 2.62. The van der Waals surface area contributed by atoms with E-state index in [0.717, 1.165) is 0 Å². The summed E-state index contributed by atoms with van der Waals surface area (Å²) in [7, 11) is 4.17. The zero-order valence-electron chi connectivity index (χ0n) is 6.52. The van der Waals surface area contributed by atoms with Crippen molar-refractivity contribution in [3.63, 3.8) is 0 Å². The molecule has 0 aromatic heterocycles. The largest absolute Gasteiger partial charge is 0.305 e. The van der Waals surface area contributed by atoms with Crippen LogP contribution in [0, 0.1) is 0 Å². The highest BCUT2D eigenvalue weighted by atomic mass is 15.1. The standard InChI is InChI=1S/C6H15N.B/c1-6(2,3)7(4)5;/h1-5H3;. The van der Waals surface area contributed by atoms with Gasteiger partial charge in [0, 0.05) is 14.0 Å². The molecular formula is C6H15BN. The van der Waals surface area contributed by atoms with Gasteiger partial charge in [0.15, 0.2) is 0 Å². The van der Waals surface area contributed by atoms with Crippen LogP contribution in [-0.2, 0) is 0 Å². The van der Waals surface area contributed by atoms with E-state index in [0.29, 0.717) is 5.54 Å². The van der Waals surface area contributed by atoms with Gasteiger partial charge in [0.05, 0.1) is 0 Å². The van der Waals surface area contributed by atoms with Crippen LogP contribution >= 0.6 is 0 Å². The first kappa shape index (κ1) is 10.9. The molecular weight excluding hydrogens is 96.9 g/mol. The fourth-order valence-electron chi connectivity index (χ4n) is 0. The number of nitrogens with zero attached hydrogens (tertiary/aromatic N) is 1. The molecule has 0 heterocycles. The van der Waals surface area contributed by atoms with Crippen molar-refractivity contribution in [2.45, 2.75) is 26.3 Å². The lowest BCUT2D eigenvalue weighted by Gasteiger charge is -2.27. The van der Waals surface area contributed by atoms with Crippen molar-refractivity contribution in [1.82, 2.24) is 4.90 Å². The third-order valence-corrected chi connectivity index (χ3v) is 1.34. The summed E-state index contributed by atoms with van der Waals surface area (Å²) in [4.78, 5) is 2.19. The molecule has 0 atom stereocenters. The maximum atomic E-state index is 2.19. The van der Waals surface area contributed by atoms with Gasteiger partial charge in [-0.15, -0.1) is 0 Å². The molecule has 0 aliphatic heterocycles. The summed E-state index contributed by atoms with van der Waals surface area (Å²) in [5.74, 6) is 0. The van der Waals surface area contributed by atoms with Crippen LogP contribution in [0.25, 0.3) is 0 Å². The molecule has 0 rings (SSSR count). The summed E-state index contributed by atoms with van der Waals surface area (Å²) in [5.41, 5.74) is 0.333. The molecule has 0 saturated heterocycles. The topological polar surface area (TPSA) is 3.24 Å². The Morgan fingerprint density at radius 1 is 1.00 bits per heavy atom. The summed E-state index contributed by atoms with van der Waals surface area (Å²) in [6.45, 7) is 6.56. The molecule has 0 spiro atoms. The van der Waals surface area contributed by atoms with Gasteiger partial charge in [0.25, 0.3) is 0 Å². The quantitative estimate of drug-likeness (QED) is 0.422. The third kappa shape index (κ3) is 4.19. The lowest BCUT2D eigenvalue weighted by atomic mass is 10.1. The van der Waals surface area contributed by atoms with Crippen LogP contribution in [-0.4, -0.2) is 32.9 Å². The van der Waals surface area contributed by atoms with Gasteiger partial charge < -0.3 is 4.90 Å². The number of rotatable bonds is 0. The second-order valence-electron chi connectivity index (χ2n) is 3.07. The molecule has 3 radical (unpaired) electrons. The molecule has 0 fully saturated rings. The molecule has 0 aliphatic carbocycles. The third-order valence-electron chi connectivity index (χ3n) is 1.34. The molecule has 0 saturated carbocycles. The summed E-state index contributed by atoms with van der Waals surface area (Å²) in [6, 6.07) is 0. The highest BCUT2D eigenvalue weighted by molar-refractivity contribution is 5.75. The second kappa shape index (κ2) is 3.13. The van der Waals surface area contributed by atoms with Gasteiger partial charge in [0.2, 0.25) is 0 Å². The summed E-state index contributed by atoms with van der Waals surface area (Å²) in [5, 5.41) is 0. The molecule has 8 heavy (non-hydrogen) atoms.